The minimum atomic E-state index is -0.204. The van der Waals surface area contributed by atoms with E-state index in [4.69, 9.17) is 4.74 Å². The second-order valence-electron chi connectivity index (χ2n) is 4.91. The zero-order chi connectivity index (χ0) is 15.5. The van der Waals surface area contributed by atoms with Crippen molar-refractivity contribution in [2.45, 2.75) is 13.8 Å². The summed E-state index contributed by atoms with van der Waals surface area (Å²) in [6, 6.07) is 12.9. The molecule has 3 rings (SSSR count). The van der Waals surface area contributed by atoms with Crippen LogP contribution in [0.5, 0.6) is 5.75 Å². The Morgan fingerprint density at radius 2 is 2.05 bits per heavy atom. The number of anilines is 1. The van der Waals surface area contributed by atoms with Crippen LogP contribution >= 0.6 is 0 Å². The number of carbonyl (C=O) groups is 1. The third-order valence-corrected chi connectivity index (χ3v) is 3.31. The molecule has 0 aliphatic carbocycles. The zero-order valence-electron chi connectivity index (χ0n) is 12.5. The van der Waals surface area contributed by atoms with Crippen molar-refractivity contribution in [3.63, 3.8) is 0 Å². The largest absolute Gasteiger partial charge is 0.492 e. The minimum absolute atomic E-state index is 0.204. The Balaban J connectivity index is 1.94. The van der Waals surface area contributed by atoms with Gasteiger partial charge in [0.05, 0.1) is 23.4 Å². The van der Waals surface area contributed by atoms with E-state index >= 15 is 0 Å². The summed E-state index contributed by atoms with van der Waals surface area (Å²) < 4.78 is 5.53. The van der Waals surface area contributed by atoms with Gasteiger partial charge < -0.3 is 15.0 Å². The summed E-state index contributed by atoms with van der Waals surface area (Å²) in [5, 5.41) is 2.90. The molecule has 0 radical (unpaired) electrons. The molecule has 0 aliphatic heterocycles. The summed E-state index contributed by atoms with van der Waals surface area (Å²) in [5.74, 6) is 1.23. The Bertz CT molecular complexity index is 824. The number of hydrogen-bond acceptors (Lipinski definition) is 3. The molecule has 0 bridgehead atoms. The van der Waals surface area contributed by atoms with E-state index in [0.29, 0.717) is 29.1 Å². The number of ether oxygens (including phenoxy) is 1. The van der Waals surface area contributed by atoms with Gasteiger partial charge in [-0.3, -0.25) is 4.79 Å². The van der Waals surface area contributed by atoms with E-state index < -0.39 is 0 Å². The smallest absolute Gasteiger partial charge is 0.258 e. The summed E-state index contributed by atoms with van der Waals surface area (Å²) in [6.07, 6.45) is 0. The number of benzene rings is 2. The summed E-state index contributed by atoms with van der Waals surface area (Å²) in [5.41, 5.74) is 2.71. The van der Waals surface area contributed by atoms with Crippen molar-refractivity contribution in [3.8, 4) is 5.75 Å². The van der Waals surface area contributed by atoms with Crippen LogP contribution in [0.3, 0.4) is 0 Å². The van der Waals surface area contributed by atoms with E-state index in [1.165, 1.54) is 0 Å². The standard InChI is InChI=1S/C17H17N3O2/c1-3-22-15-10-5-4-8-13(15)20-17(21)12-7-6-9-14-16(12)19-11(2)18-14/h4-10H,3H2,1-2H3,(H,18,19)(H,20,21). The van der Waals surface area contributed by atoms with E-state index in [0.717, 1.165) is 11.3 Å². The van der Waals surface area contributed by atoms with Crippen molar-refractivity contribution in [3.05, 3.63) is 53.9 Å². The molecular weight excluding hydrogens is 278 g/mol. The van der Waals surface area contributed by atoms with E-state index in [-0.39, 0.29) is 5.91 Å². The maximum absolute atomic E-state index is 12.6. The summed E-state index contributed by atoms with van der Waals surface area (Å²) in [7, 11) is 0. The molecule has 5 heteroatoms. The SMILES string of the molecule is CCOc1ccccc1NC(=O)c1cccc2[nH]c(C)nc12. The highest BCUT2D eigenvalue weighted by atomic mass is 16.5. The van der Waals surface area contributed by atoms with Crippen molar-refractivity contribution in [2.75, 3.05) is 11.9 Å². The van der Waals surface area contributed by atoms with Crippen LogP contribution in [0.4, 0.5) is 5.69 Å². The Hall–Kier alpha value is -2.82. The average Bonchev–Trinajstić information content (AvgIpc) is 2.89. The monoisotopic (exact) mass is 295 g/mol. The predicted molar refractivity (Wildman–Crippen MR) is 86.4 cm³/mol. The van der Waals surface area contributed by atoms with Gasteiger partial charge >= 0.3 is 0 Å². The Labute approximate surface area is 128 Å². The molecule has 112 valence electrons. The minimum Gasteiger partial charge on any atom is -0.492 e. The van der Waals surface area contributed by atoms with E-state index in [9.17, 15) is 4.79 Å². The third-order valence-electron chi connectivity index (χ3n) is 3.31. The van der Waals surface area contributed by atoms with Gasteiger partial charge in [0, 0.05) is 0 Å². The number of carbonyl (C=O) groups excluding carboxylic acids is 1. The van der Waals surface area contributed by atoms with Crippen LogP contribution in [-0.4, -0.2) is 22.5 Å². The normalized spacial score (nSPS) is 10.6. The van der Waals surface area contributed by atoms with E-state index in [2.05, 4.69) is 15.3 Å². The molecule has 0 atom stereocenters. The van der Waals surface area contributed by atoms with Gasteiger partial charge in [-0.15, -0.1) is 0 Å². The van der Waals surface area contributed by atoms with Gasteiger partial charge in [-0.2, -0.15) is 0 Å². The molecule has 0 spiro atoms. The number of H-pyrrole nitrogens is 1. The number of nitrogens with zero attached hydrogens (tertiary/aromatic N) is 1. The van der Waals surface area contributed by atoms with Crippen LogP contribution in [0.25, 0.3) is 11.0 Å². The molecule has 0 saturated heterocycles. The van der Waals surface area contributed by atoms with Crippen molar-refractivity contribution in [1.29, 1.82) is 0 Å². The number of para-hydroxylation sites is 3. The molecule has 1 amide bonds. The molecule has 0 saturated carbocycles. The lowest BCUT2D eigenvalue weighted by molar-refractivity contribution is 0.102. The van der Waals surface area contributed by atoms with Gasteiger partial charge in [0.25, 0.3) is 5.91 Å². The average molecular weight is 295 g/mol. The first-order chi connectivity index (χ1) is 10.7. The summed E-state index contributed by atoms with van der Waals surface area (Å²) in [4.78, 5) is 20.1. The second kappa shape index (κ2) is 5.89. The summed E-state index contributed by atoms with van der Waals surface area (Å²) >= 11 is 0. The number of fused-ring (bicyclic) bond motifs is 1. The maximum atomic E-state index is 12.6. The van der Waals surface area contributed by atoms with Gasteiger partial charge in [0.15, 0.2) is 0 Å². The molecule has 0 aliphatic rings. The number of hydrogen-bond donors (Lipinski definition) is 2. The Morgan fingerprint density at radius 1 is 1.23 bits per heavy atom. The highest BCUT2D eigenvalue weighted by molar-refractivity contribution is 6.11. The zero-order valence-corrected chi connectivity index (χ0v) is 12.5. The molecule has 3 aromatic rings. The van der Waals surface area contributed by atoms with Gasteiger partial charge in [-0.05, 0) is 38.1 Å². The molecule has 22 heavy (non-hydrogen) atoms. The number of aryl methyl sites for hydroxylation is 1. The fourth-order valence-electron chi connectivity index (χ4n) is 2.38. The van der Waals surface area contributed by atoms with Crippen LogP contribution in [0.1, 0.15) is 23.1 Å². The van der Waals surface area contributed by atoms with Gasteiger partial charge in [-0.1, -0.05) is 18.2 Å². The van der Waals surface area contributed by atoms with Crippen molar-refractivity contribution >= 4 is 22.6 Å². The predicted octanol–water partition coefficient (Wildman–Crippen LogP) is 3.52. The van der Waals surface area contributed by atoms with Crippen molar-refractivity contribution in [1.82, 2.24) is 9.97 Å². The van der Waals surface area contributed by atoms with Gasteiger partial charge in [0.1, 0.15) is 17.1 Å². The molecule has 2 N–H and O–H groups in total. The molecule has 1 aromatic heterocycles. The fourth-order valence-corrected chi connectivity index (χ4v) is 2.38. The molecule has 0 fully saturated rings. The van der Waals surface area contributed by atoms with Crippen LogP contribution in [-0.2, 0) is 0 Å². The Kier molecular flexibility index (Phi) is 3.78. The highest BCUT2D eigenvalue weighted by Crippen LogP contribution is 2.25. The number of rotatable bonds is 4. The van der Waals surface area contributed by atoms with E-state index in [1.54, 1.807) is 6.07 Å². The molecule has 0 unspecified atom stereocenters. The first-order valence-corrected chi connectivity index (χ1v) is 7.17. The van der Waals surface area contributed by atoms with Gasteiger partial charge in [-0.25, -0.2) is 4.98 Å². The van der Waals surface area contributed by atoms with Crippen molar-refractivity contribution < 1.29 is 9.53 Å². The quantitative estimate of drug-likeness (QED) is 0.774. The molecule has 5 nitrogen and oxygen atoms in total. The number of aromatic amines is 1. The van der Waals surface area contributed by atoms with Crippen molar-refractivity contribution in [2.24, 2.45) is 0 Å². The Morgan fingerprint density at radius 3 is 2.86 bits per heavy atom. The van der Waals surface area contributed by atoms with Crippen LogP contribution in [0.2, 0.25) is 0 Å². The lowest BCUT2D eigenvalue weighted by Gasteiger charge is -2.11. The molecule has 1 heterocycles. The van der Waals surface area contributed by atoms with Crippen LogP contribution in [0, 0.1) is 6.92 Å². The number of amides is 1. The first kappa shape index (κ1) is 14.1. The highest BCUT2D eigenvalue weighted by Gasteiger charge is 2.14. The topological polar surface area (TPSA) is 67.0 Å². The lowest BCUT2D eigenvalue weighted by atomic mass is 10.1. The maximum Gasteiger partial charge on any atom is 0.258 e. The molecular formula is C17H17N3O2. The first-order valence-electron chi connectivity index (χ1n) is 7.17. The van der Waals surface area contributed by atoms with Crippen LogP contribution < -0.4 is 10.1 Å². The second-order valence-corrected chi connectivity index (χ2v) is 4.91. The third kappa shape index (κ3) is 2.65. The summed E-state index contributed by atoms with van der Waals surface area (Å²) in [6.45, 7) is 4.32. The van der Waals surface area contributed by atoms with Gasteiger partial charge in [0.2, 0.25) is 0 Å². The molecule has 2 aromatic carbocycles. The van der Waals surface area contributed by atoms with E-state index in [1.807, 2.05) is 50.2 Å². The number of imidazole rings is 1. The fraction of sp³-hybridized carbons (Fsp3) is 0.176. The van der Waals surface area contributed by atoms with Crippen LogP contribution in [0.15, 0.2) is 42.5 Å². The lowest BCUT2D eigenvalue weighted by Crippen LogP contribution is -2.13. The number of aromatic nitrogens is 2. The number of nitrogens with one attached hydrogen (secondary N) is 2.